The lowest BCUT2D eigenvalue weighted by Crippen LogP contribution is -2.51. The van der Waals surface area contributed by atoms with Gasteiger partial charge in [0.05, 0.1) is 23.9 Å². The van der Waals surface area contributed by atoms with Gasteiger partial charge >= 0.3 is 12.3 Å². The van der Waals surface area contributed by atoms with Crippen molar-refractivity contribution in [1.29, 1.82) is 0 Å². The zero-order valence-corrected chi connectivity index (χ0v) is 33.8. The smallest absolute Gasteiger partial charge is 0.410 e. The number of carbonyl (C=O) groups excluding carboxylic acids is 2. The number of piperazine rings is 1. The van der Waals surface area contributed by atoms with Gasteiger partial charge in [-0.3, -0.25) is 4.79 Å². The van der Waals surface area contributed by atoms with E-state index in [0.29, 0.717) is 80.3 Å². The zero-order valence-electron chi connectivity index (χ0n) is 33.8. The number of nitrogens with zero attached hydrogens (tertiary/aromatic N) is 5. The molecule has 0 spiro atoms. The number of aromatic nitrogens is 3. The van der Waals surface area contributed by atoms with Crippen LogP contribution in [0.15, 0.2) is 79.0 Å². The molecule has 0 radical (unpaired) electrons. The van der Waals surface area contributed by atoms with Crippen LogP contribution in [0.1, 0.15) is 95.1 Å². The maximum atomic E-state index is 15.5. The number of alkyl halides is 3. The molecule has 2 amide bonds. The predicted molar refractivity (Wildman–Crippen MR) is 216 cm³/mol. The molecule has 1 aliphatic carbocycles. The van der Waals surface area contributed by atoms with E-state index in [1.165, 1.54) is 10.9 Å². The van der Waals surface area contributed by atoms with Crippen LogP contribution in [0.25, 0.3) is 22.0 Å². The number of amides is 2. The molecular weight excluding hydrogens is 767 g/mol. The number of hydrogen-bond donors (Lipinski definition) is 0. The number of benzene rings is 2. The fourth-order valence-electron chi connectivity index (χ4n) is 7.68. The lowest BCUT2D eigenvalue weighted by molar-refractivity contribution is -0.127. The van der Waals surface area contributed by atoms with Crippen LogP contribution in [0.2, 0.25) is 0 Å². The SMILES string of the molecule is CC(C)(C)OC(=O)N1CCN(C(=O)/C=C/CCC2(COc3ccc(/C(=C(/CC(F)(F)F)c4ccccc4)c4ccc5c(c4)c(F)nn5C4CCCCO4)cn3)CC2)CC1. The van der Waals surface area contributed by atoms with Crippen molar-refractivity contribution in [1.82, 2.24) is 24.6 Å². The molecule has 3 fully saturated rings. The molecule has 4 heterocycles. The van der Waals surface area contributed by atoms with Gasteiger partial charge in [0, 0.05) is 56.0 Å². The normalized spacial score (nSPS) is 18.9. The van der Waals surface area contributed by atoms with Crippen molar-refractivity contribution in [3.05, 3.63) is 102 Å². The fraction of sp³-hybridized carbons (Fsp3) is 0.467. The number of hydrogen-bond acceptors (Lipinski definition) is 7. The molecule has 4 aromatic rings. The lowest BCUT2D eigenvalue weighted by atomic mass is 9.88. The molecule has 0 N–H and O–H groups in total. The molecular formula is C45H51F4N5O5. The van der Waals surface area contributed by atoms with Crippen LogP contribution in [-0.4, -0.2) is 87.7 Å². The predicted octanol–water partition coefficient (Wildman–Crippen LogP) is 9.76. The standard InChI is InChI=1S/C45H51F4N5O5/c1-43(2,3)59-42(56)53-24-22-52(23-25-53)38(55)13-7-9-19-44(20-21-44)30-58-37-18-16-33(29-50-37)40(35(28-45(47,48)49)31-11-5-4-6-12-31)32-15-17-36-34(27-32)41(46)51-54(36)39-14-8-10-26-57-39/h4-7,11-13,15-18,27,29,39H,8-10,14,19-26,28,30H2,1-3H3/b13-7+,40-35-. The average molecular weight is 818 g/mol. The van der Waals surface area contributed by atoms with Crippen molar-refractivity contribution >= 4 is 34.0 Å². The second kappa shape index (κ2) is 17.5. The molecule has 10 nitrogen and oxygen atoms in total. The summed E-state index contributed by atoms with van der Waals surface area (Å²) in [7, 11) is 0. The highest BCUT2D eigenvalue weighted by Crippen LogP contribution is 2.50. The van der Waals surface area contributed by atoms with Gasteiger partial charge in [-0.1, -0.05) is 42.5 Å². The molecule has 314 valence electrons. The number of allylic oxidation sites excluding steroid dienone is 2. The van der Waals surface area contributed by atoms with Crippen molar-refractivity contribution in [2.45, 2.75) is 90.1 Å². The molecule has 14 heteroatoms. The Bertz CT molecular complexity index is 2160. The lowest BCUT2D eigenvalue weighted by Gasteiger charge is -2.35. The molecule has 1 atom stereocenters. The second-order valence-electron chi connectivity index (χ2n) is 16.7. The Morgan fingerprint density at radius 1 is 0.932 bits per heavy atom. The Morgan fingerprint density at radius 2 is 1.66 bits per heavy atom. The quantitative estimate of drug-likeness (QED) is 0.0798. The summed E-state index contributed by atoms with van der Waals surface area (Å²) in [6, 6.07) is 16.7. The summed E-state index contributed by atoms with van der Waals surface area (Å²) < 4.78 is 77.4. The minimum Gasteiger partial charge on any atom is -0.477 e. The summed E-state index contributed by atoms with van der Waals surface area (Å²) in [6.07, 6.45) is 4.39. The first kappa shape index (κ1) is 41.9. The van der Waals surface area contributed by atoms with E-state index in [1.54, 1.807) is 76.5 Å². The first-order valence-electron chi connectivity index (χ1n) is 20.3. The Kier molecular flexibility index (Phi) is 12.5. The van der Waals surface area contributed by atoms with Gasteiger partial charge in [0.15, 0.2) is 6.23 Å². The Balaban J connectivity index is 1.03. The van der Waals surface area contributed by atoms with Crippen LogP contribution in [0.3, 0.4) is 0 Å². The van der Waals surface area contributed by atoms with Crippen LogP contribution >= 0.6 is 0 Å². The van der Waals surface area contributed by atoms with E-state index in [0.717, 1.165) is 32.1 Å². The van der Waals surface area contributed by atoms with Gasteiger partial charge in [0.25, 0.3) is 0 Å². The highest BCUT2D eigenvalue weighted by molar-refractivity contribution is 6.00. The van der Waals surface area contributed by atoms with E-state index in [4.69, 9.17) is 14.2 Å². The first-order chi connectivity index (χ1) is 28.2. The summed E-state index contributed by atoms with van der Waals surface area (Å²) in [5.74, 6) is -0.476. The Morgan fingerprint density at radius 3 is 2.31 bits per heavy atom. The van der Waals surface area contributed by atoms with Gasteiger partial charge in [-0.25, -0.2) is 14.5 Å². The Labute approximate surface area is 341 Å². The molecule has 1 saturated carbocycles. The van der Waals surface area contributed by atoms with Crippen LogP contribution in [0, 0.1) is 11.4 Å². The van der Waals surface area contributed by atoms with Crippen molar-refractivity contribution in [2.24, 2.45) is 5.41 Å². The minimum atomic E-state index is -4.54. The van der Waals surface area contributed by atoms with Crippen molar-refractivity contribution in [3.63, 3.8) is 0 Å². The van der Waals surface area contributed by atoms with Crippen LogP contribution in [-0.2, 0) is 14.3 Å². The molecule has 2 saturated heterocycles. The van der Waals surface area contributed by atoms with Gasteiger partial charge in [-0.2, -0.15) is 17.6 Å². The minimum absolute atomic E-state index is 0.0304. The second-order valence-corrected chi connectivity index (χ2v) is 16.7. The van der Waals surface area contributed by atoms with Gasteiger partial charge in [-0.05, 0) is 112 Å². The van der Waals surface area contributed by atoms with Crippen molar-refractivity contribution in [3.8, 4) is 5.88 Å². The topological polar surface area (TPSA) is 99.0 Å². The number of halogens is 4. The van der Waals surface area contributed by atoms with Crippen molar-refractivity contribution in [2.75, 3.05) is 39.4 Å². The third-order valence-electron chi connectivity index (χ3n) is 11.0. The maximum absolute atomic E-state index is 15.5. The van der Waals surface area contributed by atoms with E-state index >= 15 is 4.39 Å². The van der Waals surface area contributed by atoms with Gasteiger partial charge in [0.2, 0.25) is 17.7 Å². The first-order valence-corrected chi connectivity index (χ1v) is 20.3. The van der Waals surface area contributed by atoms with E-state index in [9.17, 15) is 22.8 Å². The van der Waals surface area contributed by atoms with E-state index < -0.39 is 30.4 Å². The molecule has 3 aliphatic rings. The third kappa shape index (κ3) is 10.7. The molecule has 1 unspecified atom stereocenters. The van der Waals surface area contributed by atoms with Gasteiger partial charge < -0.3 is 24.0 Å². The summed E-state index contributed by atoms with van der Waals surface area (Å²) in [5.41, 5.74) is 1.38. The molecule has 7 rings (SSSR count). The summed E-state index contributed by atoms with van der Waals surface area (Å²) in [4.78, 5) is 33.1. The number of pyridine rings is 1. The van der Waals surface area contributed by atoms with Crippen LogP contribution in [0.5, 0.6) is 5.88 Å². The molecule has 0 bridgehead atoms. The summed E-state index contributed by atoms with van der Waals surface area (Å²) in [5, 5.41) is 4.33. The molecule has 2 aromatic heterocycles. The highest BCUT2D eigenvalue weighted by Gasteiger charge is 2.42. The average Bonchev–Trinajstić information content (AvgIpc) is 3.92. The third-order valence-corrected chi connectivity index (χ3v) is 11.0. The number of carbonyl (C=O) groups is 2. The maximum Gasteiger partial charge on any atom is 0.410 e. The van der Waals surface area contributed by atoms with E-state index in [-0.39, 0.29) is 33.9 Å². The van der Waals surface area contributed by atoms with Crippen molar-refractivity contribution < 1.29 is 41.4 Å². The largest absolute Gasteiger partial charge is 0.477 e. The van der Waals surface area contributed by atoms with Crippen LogP contribution < -0.4 is 4.74 Å². The monoisotopic (exact) mass is 817 g/mol. The van der Waals surface area contributed by atoms with E-state index in [1.807, 2.05) is 26.8 Å². The molecule has 2 aromatic carbocycles. The van der Waals surface area contributed by atoms with Crippen LogP contribution in [0.4, 0.5) is 22.4 Å². The molecule has 59 heavy (non-hydrogen) atoms. The summed E-state index contributed by atoms with van der Waals surface area (Å²) in [6.45, 7) is 8.14. The van der Waals surface area contributed by atoms with Gasteiger partial charge in [0.1, 0.15) is 5.60 Å². The summed E-state index contributed by atoms with van der Waals surface area (Å²) >= 11 is 0. The molecule has 2 aliphatic heterocycles. The number of fused-ring (bicyclic) bond motifs is 1. The number of rotatable bonds is 12. The van der Waals surface area contributed by atoms with E-state index in [2.05, 4.69) is 10.1 Å². The fourth-order valence-corrected chi connectivity index (χ4v) is 7.68. The Hall–Kier alpha value is -5.24. The zero-order chi connectivity index (χ0) is 41.8. The number of ether oxygens (including phenoxy) is 3. The van der Waals surface area contributed by atoms with Gasteiger partial charge in [-0.15, -0.1) is 5.10 Å². The highest BCUT2D eigenvalue weighted by atomic mass is 19.4.